The molecule has 2 amide bonds. The zero-order chi connectivity index (χ0) is 17.5. The van der Waals surface area contributed by atoms with Gasteiger partial charge in [0.25, 0.3) is 0 Å². The van der Waals surface area contributed by atoms with Crippen LogP contribution in [-0.2, 0) is 13.1 Å². The van der Waals surface area contributed by atoms with Crippen molar-refractivity contribution >= 4 is 6.03 Å². The smallest absolute Gasteiger partial charge is 0.315 e. The fourth-order valence-electron chi connectivity index (χ4n) is 2.44. The number of amides is 2. The number of hydrogen-bond acceptors (Lipinski definition) is 4. The number of hydrogen-bond donors (Lipinski definition) is 3. The molecule has 0 saturated heterocycles. The average molecular weight is 340 g/mol. The molecule has 3 rings (SSSR count). The van der Waals surface area contributed by atoms with Crippen LogP contribution in [0.1, 0.15) is 23.0 Å². The normalized spacial score (nSPS) is 11.9. The van der Waals surface area contributed by atoms with Crippen molar-refractivity contribution in [2.24, 2.45) is 0 Å². The number of imidazole rings is 1. The zero-order valence-electron chi connectivity index (χ0n) is 13.6. The molecular formula is C18H20N4O3. The Morgan fingerprint density at radius 2 is 2.12 bits per heavy atom. The summed E-state index contributed by atoms with van der Waals surface area (Å²) in [7, 11) is 0. The van der Waals surface area contributed by atoms with E-state index in [0.29, 0.717) is 12.3 Å². The topological polar surface area (TPSA) is 92.3 Å². The predicted molar refractivity (Wildman–Crippen MR) is 91.7 cm³/mol. The number of aromatic nitrogens is 2. The quantitative estimate of drug-likeness (QED) is 0.614. The summed E-state index contributed by atoms with van der Waals surface area (Å²) in [5.41, 5.74) is 2.13. The van der Waals surface area contributed by atoms with Crippen molar-refractivity contribution in [1.29, 1.82) is 0 Å². The van der Waals surface area contributed by atoms with Crippen LogP contribution in [-0.4, -0.2) is 27.2 Å². The number of furan rings is 1. The van der Waals surface area contributed by atoms with E-state index in [1.807, 2.05) is 35.0 Å². The predicted octanol–water partition coefficient (Wildman–Crippen LogP) is 2.06. The van der Waals surface area contributed by atoms with E-state index in [4.69, 9.17) is 4.42 Å². The van der Waals surface area contributed by atoms with Gasteiger partial charge in [-0.15, -0.1) is 0 Å². The lowest BCUT2D eigenvalue weighted by Gasteiger charge is -2.11. The minimum absolute atomic E-state index is 0.0833. The number of aliphatic hydroxyl groups excluding tert-OH is 1. The van der Waals surface area contributed by atoms with Gasteiger partial charge in [-0.05, 0) is 23.3 Å². The van der Waals surface area contributed by atoms with E-state index in [0.717, 1.165) is 17.7 Å². The number of carbonyl (C=O) groups excluding carboxylic acids is 1. The summed E-state index contributed by atoms with van der Waals surface area (Å²) in [6.45, 7) is 1.22. The summed E-state index contributed by atoms with van der Waals surface area (Å²) >= 11 is 0. The van der Waals surface area contributed by atoms with Crippen LogP contribution in [0.3, 0.4) is 0 Å². The highest BCUT2D eigenvalue weighted by Crippen LogP contribution is 2.11. The van der Waals surface area contributed by atoms with E-state index in [1.165, 1.54) is 6.26 Å². The molecular weight excluding hydrogens is 320 g/mol. The second kappa shape index (κ2) is 8.16. The summed E-state index contributed by atoms with van der Waals surface area (Å²) < 4.78 is 7.07. The number of urea groups is 1. The van der Waals surface area contributed by atoms with Gasteiger partial charge < -0.3 is 24.7 Å². The van der Waals surface area contributed by atoms with E-state index in [9.17, 15) is 9.90 Å². The highest BCUT2D eigenvalue weighted by molar-refractivity contribution is 5.73. The number of aliphatic hydroxyl groups is 1. The first-order valence-electron chi connectivity index (χ1n) is 7.97. The van der Waals surface area contributed by atoms with Gasteiger partial charge in [-0.3, -0.25) is 0 Å². The minimum Gasteiger partial charge on any atom is -0.467 e. The first-order valence-corrected chi connectivity index (χ1v) is 7.97. The van der Waals surface area contributed by atoms with Gasteiger partial charge in [0.05, 0.1) is 19.1 Å². The van der Waals surface area contributed by atoms with Crippen LogP contribution in [0.25, 0.3) is 0 Å². The third-order valence-electron chi connectivity index (χ3n) is 3.70. The molecule has 3 N–H and O–H groups in total. The summed E-state index contributed by atoms with van der Waals surface area (Å²) in [6, 6.07) is 11.0. The molecule has 2 aromatic heterocycles. The van der Waals surface area contributed by atoms with Crippen molar-refractivity contribution in [3.8, 4) is 0 Å². The molecule has 1 aromatic carbocycles. The van der Waals surface area contributed by atoms with Crippen molar-refractivity contribution in [2.45, 2.75) is 19.2 Å². The highest BCUT2D eigenvalue weighted by Gasteiger charge is 2.11. The van der Waals surface area contributed by atoms with Gasteiger partial charge in [0.2, 0.25) is 0 Å². The SMILES string of the molecule is O=C(NCc1cccc(Cn2ccnc2)c1)NCC(O)c1ccco1. The largest absolute Gasteiger partial charge is 0.467 e. The van der Waals surface area contributed by atoms with Crippen LogP contribution in [0.4, 0.5) is 4.79 Å². The molecule has 0 aliphatic carbocycles. The standard InChI is InChI=1S/C18H20N4O3/c23-16(17-5-2-8-25-17)11-21-18(24)20-10-14-3-1-4-15(9-14)12-22-7-6-19-13-22/h1-9,13,16,23H,10-12H2,(H2,20,21,24). The van der Waals surface area contributed by atoms with Crippen LogP contribution in [0.15, 0.2) is 65.8 Å². The molecule has 25 heavy (non-hydrogen) atoms. The van der Waals surface area contributed by atoms with E-state index >= 15 is 0 Å². The summed E-state index contributed by atoms with van der Waals surface area (Å²) in [5.74, 6) is 0.424. The summed E-state index contributed by atoms with van der Waals surface area (Å²) in [6.07, 6.45) is 6.03. The molecule has 2 heterocycles. The van der Waals surface area contributed by atoms with Crippen LogP contribution in [0, 0.1) is 0 Å². The zero-order valence-corrected chi connectivity index (χ0v) is 13.6. The first kappa shape index (κ1) is 16.8. The van der Waals surface area contributed by atoms with Crippen molar-refractivity contribution in [2.75, 3.05) is 6.54 Å². The van der Waals surface area contributed by atoms with Crippen molar-refractivity contribution in [3.05, 3.63) is 78.3 Å². The van der Waals surface area contributed by atoms with Gasteiger partial charge in [0, 0.05) is 25.5 Å². The number of carbonyl (C=O) groups is 1. The van der Waals surface area contributed by atoms with Gasteiger partial charge in [0.1, 0.15) is 11.9 Å². The molecule has 0 bridgehead atoms. The van der Waals surface area contributed by atoms with Crippen molar-refractivity contribution in [3.63, 3.8) is 0 Å². The Bertz CT molecular complexity index is 785. The molecule has 1 unspecified atom stereocenters. The second-order valence-corrected chi connectivity index (χ2v) is 5.65. The summed E-state index contributed by atoms with van der Waals surface area (Å²) in [4.78, 5) is 15.9. The fraction of sp³-hybridized carbons (Fsp3) is 0.222. The molecule has 0 spiro atoms. The van der Waals surface area contributed by atoms with Gasteiger partial charge in [-0.2, -0.15) is 0 Å². The Morgan fingerprint density at radius 1 is 1.24 bits per heavy atom. The maximum Gasteiger partial charge on any atom is 0.315 e. The molecule has 0 aliphatic rings. The van der Waals surface area contributed by atoms with Crippen LogP contribution in [0.2, 0.25) is 0 Å². The van der Waals surface area contributed by atoms with E-state index < -0.39 is 6.10 Å². The lowest BCUT2D eigenvalue weighted by Crippen LogP contribution is -2.37. The van der Waals surface area contributed by atoms with Gasteiger partial charge in [-0.25, -0.2) is 9.78 Å². The van der Waals surface area contributed by atoms with Crippen molar-refractivity contribution < 1.29 is 14.3 Å². The molecule has 7 heteroatoms. The molecule has 0 aliphatic heterocycles. The Kier molecular flexibility index (Phi) is 5.48. The van der Waals surface area contributed by atoms with Gasteiger partial charge in [0.15, 0.2) is 0 Å². The minimum atomic E-state index is -0.862. The Hall–Kier alpha value is -3.06. The Labute approximate surface area is 145 Å². The van der Waals surface area contributed by atoms with Crippen LogP contribution >= 0.6 is 0 Å². The first-order chi connectivity index (χ1) is 12.2. The maximum absolute atomic E-state index is 11.9. The molecule has 0 saturated carbocycles. The number of benzene rings is 1. The Balaban J connectivity index is 1.45. The van der Waals surface area contributed by atoms with Crippen LogP contribution < -0.4 is 10.6 Å². The number of nitrogens with one attached hydrogen (secondary N) is 2. The Morgan fingerprint density at radius 3 is 2.88 bits per heavy atom. The monoisotopic (exact) mass is 340 g/mol. The number of rotatable bonds is 7. The third kappa shape index (κ3) is 4.95. The molecule has 7 nitrogen and oxygen atoms in total. The maximum atomic E-state index is 11.9. The molecule has 1 atom stereocenters. The molecule has 3 aromatic rings. The molecule has 130 valence electrons. The van der Waals surface area contributed by atoms with Crippen LogP contribution in [0.5, 0.6) is 0 Å². The van der Waals surface area contributed by atoms with E-state index in [1.54, 1.807) is 24.7 Å². The van der Waals surface area contributed by atoms with E-state index in [2.05, 4.69) is 15.6 Å². The molecule has 0 radical (unpaired) electrons. The van der Waals surface area contributed by atoms with Gasteiger partial charge >= 0.3 is 6.03 Å². The highest BCUT2D eigenvalue weighted by atomic mass is 16.4. The number of nitrogens with zero attached hydrogens (tertiary/aromatic N) is 2. The fourth-order valence-corrected chi connectivity index (χ4v) is 2.44. The lowest BCUT2D eigenvalue weighted by molar-refractivity contribution is 0.148. The lowest BCUT2D eigenvalue weighted by atomic mass is 10.1. The average Bonchev–Trinajstić information content (AvgIpc) is 3.32. The van der Waals surface area contributed by atoms with Crippen molar-refractivity contribution in [1.82, 2.24) is 20.2 Å². The molecule has 0 fully saturated rings. The summed E-state index contributed by atoms with van der Waals surface area (Å²) in [5, 5.41) is 15.3. The third-order valence-corrected chi connectivity index (χ3v) is 3.70. The second-order valence-electron chi connectivity index (χ2n) is 5.65. The van der Waals surface area contributed by atoms with Gasteiger partial charge in [-0.1, -0.05) is 24.3 Å². The van der Waals surface area contributed by atoms with E-state index in [-0.39, 0.29) is 12.6 Å².